The summed E-state index contributed by atoms with van der Waals surface area (Å²) in [6.45, 7) is 0.946. The van der Waals surface area contributed by atoms with Gasteiger partial charge in [0.15, 0.2) is 5.78 Å². The summed E-state index contributed by atoms with van der Waals surface area (Å²) in [6.07, 6.45) is 3.49. The molecule has 1 aromatic heterocycles. The Balaban J connectivity index is 1.93. The molecular weight excluding hydrogens is 243 g/mol. The molecular formula is C15H15FN2O. The second-order valence-corrected chi connectivity index (χ2v) is 4.46. The lowest BCUT2D eigenvalue weighted by Crippen LogP contribution is -2.25. The highest BCUT2D eigenvalue weighted by atomic mass is 19.1. The molecule has 19 heavy (non-hydrogen) atoms. The van der Waals surface area contributed by atoms with Gasteiger partial charge in [0.1, 0.15) is 5.82 Å². The van der Waals surface area contributed by atoms with Crippen LogP contribution in [0.3, 0.4) is 0 Å². The van der Waals surface area contributed by atoms with Crippen LogP contribution in [0.2, 0.25) is 0 Å². The number of ketones is 1. The number of aromatic nitrogens is 1. The van der Waals surface area contributed by atoms with Gasteiger partial charge in [0.2, 0.25) is 0 Å². The van der Waals surface area contributed by atoms with Crippen molar-refractivity contribution in [2.75, 3.05) is 13.6 Å². The fourth-order valence-corrected chi connectivity index (χ4v) is 1.83. The molecule has 0 N–H and O–H groups in total. The average Bonchev–Trinajstić information content (AvgIpc) is 2.40. The number of Topliss-reactive ketones (excluding diaryl/α,β-unsaturated/α-hetero) is 1. The summed E-state index contributed by atoms with van der Waals surface area (Å²) < 4.78 is 12.8. The van der Waals surface area contributed by atoms with Gasteiger partial charge in [-0.25, -0.2) is 4.39 Å². The molecule has 1 heterocycles. The SMILES string of the molecule is CN(CC(=O)c1ccc(F)cc1)Cc1cccnc1. The van der Waals surface area contributed by atoms with Crippen molar-refractivity contribution >= 4 is 5.78 Å². The number of carbonyl (C=O) groups is 1. The molecule has 2 aromatic rings. The van der Waals surface area contributed by atoms with Crippen molar-refractivity contribution in [2.45, 2.75) is 6.54 Å². The largest absolute Gasteiger partial charge is 0.295 e. The molecule has 98 valence electrons. The first-order valence-corrected chi connectivity index (χ1v) is 6.01. The lowest BCUT2D eigenvalue weighted by atomic mass is 10.1. The van der Waals surface area contributed by atoms with Crippen molar-refractivity contribution in [3.8, 4) is 0 Å². The highest BCUT2D eigenvalue weighted by molar-refractivity contribution is 5.97. The average molecular weight is 258 g/mol. The van der Waals surface area contributed by atoms with Crippen molar-refractivity contribution in [3.05, 3.63) is 65.7 Å². The van der Waals surface area contributed by atoms with Crippen molar-refractivity contribution in [2.24, 2.45) is 0 Å². The Hall–Kier alpha value is -2.07. The van der Waals surface area contributed by atoms with E-state index in [9.17, 15) is 9.18 Å². The maximum Gasteiger partial charge on any atom is 0.176 e. The van der Waals surface area contributed by atoms with Crippen molar-refractivity contribution in [3.63, 3.8) is 0 Å². The Labute approximate surface area is 111 Å². The molecule has 0 aliphatic heterocycles. The molecule has 0 unspecified atom stereocenters. The van der Waals surface area contributed by atoms with E-state index in [0.717, 1.165) is 5.56 Å². The van der Waals surface area contributed by atoms with E-state index in [4.69, 9.17) is 0 Å². The number of likely N-dealkylation sites (N-methyl/N-ethyl adjacent to an activating group) is 1. The van der Waals surface area contributed by atoms with Gasteiger partial charge in [0, 0.05) is 24.5 Å². The molecule has 0 radical (unpaired) electrons. The molecule has 0 fully saturated rings. The third-order valence-electron chi connectivity index (χ3n) is 2.76. The number of carbonyl (C=O) groups excluding carboxylic acids is 1. The van der Waals surface area contributed by atoms with Gasteiger partial charge in [-0.3, -0.25) is 14.7 Å². The van der Waals surface area contributed by atoms with E-state index in [1.54, 1.807) is 12.4 Å². The maximum atomic E-state index is 12.8. The summed E-state index contributed by atoms with van der Waals surface area (Å²) >= 11 is 0. The first-order valence-electron chi connectivity index (χ1n) is 6.01. The van der Waals surface area contributed by atoms with Crippen molar-refractivity contribution in [1.29, 1.82) is 0 Å². The lowest BCUT2D eigenvalue weighted by molar-refractivity contribution is 0.0943. The first kappa shape index (κ1) is 13.4. The molecule has 1 aromatic carbocycles. The lowest BCUT2D eigenvalue weighted by Gasteiger charge is -2.15. The molecule has 0 saturated carbocycles. The molecule has 0 aliphatic rings. The molecule has 0 bridgehead atoms. The van der Waals surface area contributed by atoms with Crippen LogP contribution in [0.15, 0.2) is 48.8 Å². The molecule has 0 atom stereocenters. The fraction of sp³-hybridized carbons (Fsp3) is 0.200. The second kappa shape index (κ2) is 6.20. The predicted molar refractivity (Wildman–Crippen MR) is 71.3 cm³/mol. The van der Waals surface area contributed by atoms with E-state index in [-0.39, 0.29) is 11.6 Å². The number of hydrogen-bond donors (Lipinski definition) is 0. The number of halogens is 1. The quantitative estimate of drug-likeness (QED) is 0.773. The second-order valence-electron chi connectivity index (χ2n) is 4.46. The minimum Gasteiger partial charge on any atom is -0.295 e. The van der Waals surface area contributed by atoms with Gasteiger partial charge >= 0.3 is 0 Å². The van der Waals surface area contributed by atoms with Gasteiger partial charge in [0.05, 0.1) is 6.54 Å². The van der Waals surface area contributed by atoms with Crippen LogP contribution >= 0.6 is 0 Å². The predicted octanol–water partition coefficient (Wildman–Crippen LogP) is 2.54. The van der Waals surface area contributed by atoms with Gasteiger partial charge < -0.3 is 0 Å². The number of rotatable bonds is 5. The number of hydrogen-bond acceptors (Lipinski definition) is 3. The van der Waals surface area contributed by atoms with E-state index in [1.165, 1.54) is 24.3 Å². The van der Waals surface area contributed by atoms with Gasteiger partial charge in [-0.1, -0.05) is 6.07 Å². The van der Waals surface area contributed by atoms with E-state index >= 15 is 0 Å². The van der Waals surface area contributed by atoms with Gasteiger partial charge in [0.25, 0.3) is 0 Å². The Kier molecular flexibility index (Phi) is 4.36. The van der Waals surface area contributed by atoms with Crippen LogP contribution in [0.4, 0.5) is 4.39 Å². The smallest absolute Gasteiger partial charge is 0.176 e. The van der Waals surface area contributed by atoms with Crippen LogP contribution in [0.1, 0.15) is 15.9 Å². The highest BCUT2D eigenvalue weighted by Gasteiger charge is 2.09. The van der Waals surface area contributed by atoms with E-state index in [1.807, 2.05) is 24.1 Å². The third kappa shape index (κ3) is 3.96. The van der Waals surface area contributed by atoms with E-state index in [2.05, 4.69) is 4.98 Å². The maximum absolute atomic E-state index is 12.8. The molecule has 0 saturated heterocycles. The fourth-order valence-electron chi connectivity index (χ4n) is 1.83. The first-order chi connectivity index (χ1) is 9.15. The summed E-state index contributed by atoms with van der Waals surface area (Å²) in [5.41, 5.74) is 1.58. The zero-order chi connectivity index (χ0) is 13.7. The van der Waals surface area contributed by atoms with Crippen LogP contribution in [0.5, 0.6) is 0 Å². The monoisotopic (exact) mass is 258 g/mol. The minimum atomic E-state index is -0.333. The number of benzene rings is 1. The van der Waals surface area contributed by atoms with E-state index in [0.29, 0.717) is 18.7 Å². The number of nitrogens with zero attached hydrogens (tertiary/aromatic N) is 2. The van der Waals surface area contributed by atoms with Gasteiger partial charge in [-0.05, 0) is 42.9 Å². The zero-order valence-electron chi connectivity index (χ0n) is 10.7. The zero-order valence-corrected chi connectivity index (χ0v) is 10.7. The molecule has 4 heteroatoms. The van der Waals surface area contributed by atoms with Crippen molar-refractivity contribution in [1.82, 2.24) is 9.88 Å². The standard InChI is InChI=1S/C15H15FN2O/c1-18(10-12-3-2-8-17-9-12)11-15(19)13-4-6-14(16)7-5-13/h2-9H,10-11H2,1H3. The third-order valence-corrected chi connectivity index (χ3v) is 2.76. The summed E-state index contributed by atoms with van der Waals surface area (Å²) in [5, 5.41) is 0. The Morgan fingerprint density at radius 2 is 2.00 bits per heavy atom. The van der Waals surface area contributed by atoms with Gasteiger partial charge in [-0.15, -0.1) is 0 Å². The summed E-state index contributed by atoms with van der Waals surface area (Å²) in [7, 11) is 1.87. The van der Waals surface area contributed by atoms with Crippen LogP contribution in [0, 0.1) is 5.82 Å². The normalized spacial score (nSPS) is 10.7. The Morgan fingerprint density at radius 1 is 1.26 bits per heavy atom. The molecule has 0 spiro atoms. The molecule has 0 amide bonds. The van der Waals surface area contributed by atoms with Crippen molar-refractivity contribution < 1.29 is 9.18 Å². The molecule has 3 nitrogen and oxygen atoms in total. The highest BCUT2D eigenvalue weighted by Crippen LogP contribution is 2.06. The summed E-state index contributed by atoms with van der Waals surface area (Å²) in [5.74, 6) is -0.355. The van der Waals surface area contributed by atoms with Crippen LogP contribution in [-0.4, -0.2) is 29.3 Å². The molecule has 2 rings (SSSR count). The number of pyridine rings is 1. The molecule has 0 aliphatic carbocycles. The van der Waals surface area contributed by atoms with Crippen LogP contribution in [0.25, 0.3) is 0 Å². The van der Waals surface area contributed by atoms with E-state index < -0.39 is 0 Å². The Bertz CT molecular complexity index is 540. The topological polar surface area (TPSA) is 33.2 Å². The summed E-state index contributed by atoms with van der Waals surface area (Å²) in [4.78, 5) is 17.9. The van der Waals surface area contributed by atoms with Crippen LogP contribution in [-0.2, 0) is 6.54 Å². The summed E-state index contributed by atoms with van der Waals surface area (Å²) in [6, 6.07) is 9.45. The van der Waals surface area contributed by atoms with Gasteiger partial charge in [-0.2, -0.15) is 0 Å². The van der Waals surface area contributed by atoms with Crippen LogP contribution < -0.4 is 0 Å². The minimum absolute atomic E-state index is 0.0219. The Morgan fingerprint density at radius 3 is 2.63 bits per heavy atom.